The maximum atomic E-state index is 12.7. The molecule has 0 bridgehead atoms. The number of ether oxygens (including phenoxy) is 1. The molecule has 2 rings (SSSR count). The Kier molecular flexibility index (Phi) is 5.86. The van der Waals surface area contributed by atoms with Crippen LogP contribution >= 0.6 is 0 Å². The molecule has 146 valence electrons. The summed E-state index contributed by atoms with van der Waals surface area (Å²) < 4.78 is 32.8. The number of rotatable bonds is 7. The Bertz CT molecular complexity index is 1030. The monoisotopic (exact) mass is 397 g/mol. The Morgan fingerprint density at radius 3 is 2.44 bits per heavy atom. The average molecular weight is 397 g/mol. The number of aromatic nitrogens is 2. The minimum absolute atomic E-state index is 0.0449. The number of sulfonamides is 1. The van der Waals surface area contributed by atoms with E-state index in [0.717, 1.165) is 10.9 Å². The van der Waals surface area contributed by atoms with Gasteiger partial charge < -0.3 is 14.9 Å². The van der Waals surface area contributed by atoms with Gasteiger partial charge in [0.25, 0.3) is 5.43 Å². The van der Waals surface area contributed by atoms with Crippen molar-refractivity contribution in [2.24, 2.45) is 0 Å². The van der Waals surface area contributed by atoms with Crippen molar-refractivity contribution in [3.05, 3.63) is 40.3 Å². The number of methoxy groups -OCH3 is 1. The minimum Gasteiger partial charge on any atom is -0.503 e. The molecule has 1 aromatic carbocycles. The zero-order chi connectivity index (χ0) is 20.4. The summed E-state index contributed by atoms with van der Waals surface area (Å²) in [6.45, 7) is 3.93. The van der Waals surface area contributed by atoms with Crippen molar-refractivity contribution in [3.8, 4) is 17.2 Å². The van der Waals surface area contributed by atoms with Gasteiger partial charge in [-0.3, -0.25) is 4.79 Å². The number of carboxylic acid groups (broad SMARTS) is 1. The van der Waals surface area contributed by atoms with E-state index >= 15 is 0 Å². The van der Waals surface area contributed by atoms with E-state index in [1.54, 1.807) is 13.8 Å². The Labute approximate surface area is 155 Å². The van der Waals surface area contributed by atoms with E-state index < -0.39 is 32.9 Å². The van der Waals surface area contributed by atoms with Crippen LogP contribution in [-0.2, 0) is 10.0 Å². The largest absolute Gasteiger partial charge is 0.503 e. The van der Waals surface area contributed by atoms with E-state index in [9.17, 15) is 23.1 Å². The Hall–Kier alpha value is -2.92. The van der Waals surface area contributed by atoms with Gasteiger partial charge in [-0.05, 0) is 18.2 Å². The molecule has 0 unspecified atom stereocenters. The van der Waals surface area contributed by atoms with Crippen LogP contribution in [0, 0.1) is 0 Å². The second-order valence-corrected chi connectivity index (χ2v) is 7.30. The van der Waals surface area contributed by atoms with E-state index in [2.05, 4.69) is 5.10 Å². The predicted octanol–water partition coefficient (Wildman–Crippen LogP) is 0.675. The van der Waals surface area contributed by atoms with Gasteiger partial charge in [-0.1, -0.05) is 13.8 Å². The lowest BCUT2D eigenvalue weighted by molar-refractivity contribution is 0.0686. The van der Waals surface area contributed by atoms with Crippen LogP contribution in [-0.4, -0.2) is 58.9 Å². The number of nitrogens with zero attached hydrogens (tertiary/aromatic N) is 3. The molecule has 0 amide bonds. The standard InChI is InChI=1S/C16H19N3O7S/c1-4-18(5-2)27(24,25)10-6-7-13(26-3)11(8-10)19-9-12(20)15(21)14(17-19)16(22)23/h6-9,20H,4-5H2,1-3H3,(H,22,23). The molecule has 11 heteroatoms. The van der Waals surface area contributed by atoms with Crippen LogP contribution in [0.5, 0.6) is 11.5 Å². The molecule has 0 aliphatic heterocycles. The number of aromatic hydroxyl groups is 1. The molecule has 2 aromatic rings. The van der Waals surface area contributed by atoms with Crippen molar-refractivity contribution in [3.63, 3.8) is 0 Å². The van der Waals surface area contributed by atoms with Crippen molar-refractivity contribution >= 4 is 16.0 Å². The van der Waals surface area contributed by atoms with Crippen LogP contribution < -0.4 is 10.2 Å². The Morgan fingerprint density at radius 1 is 1.30 bits per heavy atom. The fraction of sp³-hybridized carbons (Fsp3) is 0.312. The highest BCUT2D eigenvalue weighted by molar-refractivity contribution is 7.89. The van der Waals surface area contributed by atoms with Crippen LogP contribution in [0.4, 0.5) is 0 Å². The quantitative estimate of drug-likeness (QED) is 0.695. The normalized spacial score (nSPS) is 11.6. The van der Waals surface area contributed by atoms with E-state index in [1.165, 1.54) is 29.6 Å². The summed E-state index contributed by atoms with van der Waals surface area (Å²) in [7, 11) is -2.47. The summed E-state index contributed by atoms with van der Waals surface area (Å²) >= 11 is 0. The van der Waals surface area contributed by atoms with Crippen LogP contribution in [0.25, 0.3) is 5.69 Å². The third-order valence-electron chi connectivity index (χ3n) is 3.84. The lowest BCUT2D eigenvalue weighted by Gasteiger charge is -2.20. The smallest absolute Gasteiger partial charge is 0.360 e. The highest BCUT2D eigenvalue weighted by Gasteiger charge is 2.24. The second-order valence-electron chi connectivity index (χ2n) is 5.36. The second kappa shape index (κ2) is 7.76. The van der Waals surface area contributed by atoms with Crippen molar-refractivity contribution in [2.75, 3.05) is 20.2 Å². The van der Waals surface area contributed by atoms with E-state index in [1.807, 2.05) is 0 Å². The molecule has 0 aliphatic carbocycles. The molecule has 0 saturated carbocycles. The summed E-state index contributed by atoms with van der Waals surface area (Å²) in [5, 5.41) is 22.5. The van der Waals surface area contributed by atoms with Crippen LogP contribution in [0.15, 0.2) is 34.1 Å². The van der Waals surface area contributed by atoms with Crippen molar-refractivity contribution in [1.82, 2.24) is 14.1 Å². The van der Waals surface area contributed by atoms with Gasteiger partial charge in [0, 0.05) is 13.1 Å². The minimum atomic E-state index is -3.81. The van der Waals surface area contributed by atoms with Gasteiger partial charge in [0.2, 0.25) is 15.7 Å². The van der Waals surface area contributed by atoms with Crippen molar-refractivity contribution in [1.29, 1.82) is 0 Å². The zero-order valence-corrected chi connectivity index (χ0v) is 15.7. The number of hydrogen-bond donors (Lipinski definition) is 2. The Balaban J connectivity index is 2.75. The molecular weight excluding hydrogens is 378 g/mol. The molecule has 0 fully saturated rings. The topological polar surface area (TPSA) is 139 Å². The van der Waals surface area contributed by atoms with Crippen molar-refractivity contribution in [2.45, 2.75) is 18.7 Å². The molecule has 1 aromatic heterocycles. The predicted molar refractivity (Wildman–Crippen MR) is 95.1 cm³/mol. The molecule has 0 spiro atoms. The maximum Gasteiger partial charge on any atom is 0.360 e. The lowest BCUT2D eigenvalue weighted by Crippen LogP contribution is -2.30. The van der Waals surface area contributed by atoms with Crippen LogP contribution in [0.1, 0.15) is 24.3 Å². The maximum absolute atomic E-state index is 12.7. The third-order valence-corrected chi connectivity index (χ3v) is 5.89. The summed E-state index contributed by atoms with van der Waals surface area (Å²) in [4.78, 5) is 22.8. The first-order chi connectivity index (χ1) is 12.7. The number of carboxylic acids is 1. The Morgan fingerprint density at radius 2 is 1.93 bits per heavy atom. The van der Waals surface area contributed by atoms with Gasteiger partial charge in [-0.25, -0.2) is 17.9 Å². The van der Waals surface area contributed by atoms with Gasteiger partial charge in [0.1, 0.15) is 11.4 Å². The average Bonchev–Trinajstić information content (AvgIpc) is 2.63. The molecular formula is C16H19N3O7S. The fourth-order valence-corrected chi connectivity index (χ4v) is 3.94. The molecule has 27 heavy (non-hydrogen) atoms. The van der Waals surface area contributed by atoms with E-state index in [0.29, 0.717) is 0 Å². The van der Waals surface area contributed by atoms with Gasteiger partial charge in [0.05, 0.1) is 18.2 Å². The number of hydrogen-bond acceptors (Lipinski definition) is 7. The van der Waals surface area contributed by atoms with Gasteiger partial charge >= 0.3 is 5.97 Å². The lowest BCUT2D eigenvalue weighted by atomic mass is 10.3. The number of aromatic carboxylic acids is 1. The number of benzene rings is 1. The van der Waals surface area contributed by atoms with Crippen molar-refractivity contribution < 1.29 is 28.2 Å². The highest BCUT2D eigenvalue weighted by atomic mass is 32.2. The first-order valence-corrected chi connectivity index (χ1v) is 9.36. The molecule has 0 atom stereocenters. The van der Waals surface area contributed by atoms with E-state index in [4.69, 9.17) is 9.84 Å². The summed E-state index contributed by atoms with van der Waals surface area (Å²) in [6.07, 6.45) is 0.889. The number of carbonyl (C=O) groups is 1. The molecule has 10 nitrogen and oxygen atoms in total. The summed E-state index contributed by atoms with van der Waals surface area (Å²) in [5.74, 6) is -2.31. The molecule has 1 heterocycles. The first kappa shape index (κ1) is 20.4. The zero-order valence-electron chi connectivity index (χ0n) is 14.9. The highest BCUT2D eigenvalue weighted by Crippen LogP contribution is 2.27. The summed E-state index contributed by atoms with van der Waals surface area (Å²) in [5.41, 5.74) is -2.01. The molecule has 0 saturated heterocycles. The van der Waals surface area contributed by atoms with E-state index in [-0.39, 0.29) is 29.4 Å². The first-order valence-electron chi connectivity index (χ1n) is 7.92. The van der Waals surface area contributed by atoms with Crippen LogP contribution in [0.3, 0.4) is 0 Å². The van der Waals surface area contributed by atoms with Gasteiger partial charge in [-0.2, -0.15) is 9.40 Å². The van der Waals surface area contributed by atoms with Gasteiger partial charge in [-0.15, -0.1) is 0 Å². The molecule has 2 N–H and O–H groups in total. The molecule has 0 aliphatic rings. The third kappa shape index (κ3) is 3.78. The molecule has 0 radical (unpaired) electrons. The SMILES string of the molecule is CCN(CC)S(=O)(=O)c1ccc(OC)c(-n2cc(O)c(=O)c(C(=O)O)n2)c1. The van der Waals surface area contributed by atoms with Crippen LogP contribution in [0.2, 0.25) is 0 Å². The summed E-state index contributed by atoms with van der Waals surface area (Å²) in [6, 6.07) is 3.95. The van der Waals surface area contributed by atoms with Gasteiger partial charge in [0.15, 0.2) is 5.75 Å². The fourth-order valence-electron chi connectivity index (χ4n) is 2.46.